The molecule has 1 aliphatic carbocycles. The Balaban J connectivity index is 1.86. The number of methoxy groups -OCH3 is 2. The summed E-state index contributed by atoms with van der Waals surface area (Å²) in [6.45, 7) is 1.97. The zero-order valence-electron chi connectivity index (χ0n) is 20.5. The number of benzene rings is 2. The molecule has 1 fully saturated rings. The largest absolute Gasteiger partial charge is 0.497 e. The lowest BCUT2D eigenvalue weighted by Gasteiger charge is -2.34. The second-order valence-electron chi connectivity index (χ2n) is 8.81. The second kappa shape index (κ2) is 11.4. The molecule has 2 aromatic carbocycles. The summed E-state index contributed by atoms with van der Waals surface area (Å²) in [5.41, 5.74) is 2.23. The molecule has 0 radical (unpaired) electrons. The van der Waals surface area contributed by atoms with E-state index in [2.05, 4.69) is 5.32 Å². The van der Waals surface area contributed by atoms with E-state index in [0.717, 1.165) is 41.7 Å². The number of nitrogens with zero attached hydrogens (tertiary/aromatic N) is 1. The Bertz CT molecular complexity index is 1160. The highest BCUT2D eigenvalue weighted by atomic mass is 32.1. The number of nitrogens with one attached hydrogen (secondary N) is 1. The molecule has 3 aromatic rings. The highest BCUT2D eigenvalue weighted by molar-refractivity contribution is 7.10. The van der Waals surface area contributed by atoms with Gasteiger partial charge in [0.25, 0.3) is 0 Å². The van der Waals surface area contributed by atoms with E-state index in [1.54, 1.807) is 37.3 Å². The minimum atomic E-state index is -0.856. The van der Waals surface area contributed by atoms with Gasteiger partial charge in [0.15, 0.2) is 0 Å². The standard InChI is InChI=1S/C28H32N2O4S/c1-19-9-4-7-13-23(19)27(28(32)29-20-10-5-6-11-20)30(26(31)18-22-12-8-16-35-22)24-17-21(33-2)14-15-25(24)34-3/h4,7-9,12-17,20,27H,5-6,10-11,18H2,1-3H3,(H,29,32). The van der Waals surface area contributed by atoms with Gasteiger partial charge in [-0.2, -0.15) is 0 Å². The van der Waals surface area contributed by atoms with Crippen molar-refractivity contribution in [1.29, 1.82) is 0 Å². The van der Waals surface area contributed by atoms with Crippen LogP contribution in [-0.2, 0) is 16.0 Å². The van der Waals surface area contributed by atoms with Crippen molar-refractivity contribution in [3.63, 3.8) is 0 Å². The molecule has 1 saturated carbocycles. The molecule has 1 N–H and O–H groups in total. The molecule has 1 aromatic heterocycles. The topological polar surface area (TPSA) is 67.9 Å². The lowest BCUT2D eigenvalue weighted by atomic mass is 9.97. The second-order valence-corrected chi connectivity index (χ2v) is 9.84. The molecule has 35 heavy (non-hydrogen) atoms. The number of thiophene rings is 1. The molecule has 1 atom stereocenters. The Kier molecular flexibility index (Phi) is 8.08. The number of hydrogen-bond donors (Lipinski definition) is 1. The van der Waals surface area contributed by atoms with Gasteiger partial charge in [0, 0.05) is 17.0 Å². The van der Waals surface area contributed by atoms with Crippen molar-refractivity contribution in [3.05, 3.63) is 76.0 Å². The van der Waals surface area contributed by atoms with Crippen molar-refractivity contribution in [2.24, 2.45) is 0 Å². The van der Waals surface area contributed by atoms with Gasteiger partial charge in [-0.15, -0.1) is 11.3 Å². The number of carbonyl (C=O) groups excluding carboxylic acids is 2. The van der Waals surface area contributed by atoms with Crippen LogP contribution >= 0.6 is 11.3 Å². The van der Waals surface area contributed by atoms with Gasteiger partial charge in [0.2, 0.25) is 11.8 Å². The fraction of sp³-hybridized carbons (Fsp3) is 0.357. The summed E-state index contributed by atoms with van der Waals surface area (Å²) in [5, 5.41) is 5.18. The predicted molar refractivity (Wildman–Crippen MR) is 139 cm³/mol. The van der Waals surface area contributed by atoms with Crippen LogP contribution in [0, 0.1) is 6.92 Å². The number of aryl methyl sites for hydroxylation is 1. The maximum absolute atomic E-state index is 14.0. The predicted octanol–water partition coefficient (Wildman–Crippen LogP) is 5.45. The number of anilines is 1. The van der Waals surface area contributed by atoms with Crippen LogP contribution in [0.5, 0.6) is 11.5 Å². The first-order valence-corrected chi connectivity index (χ1v) is 12.8. The first-order valence-electron chi connectivity index (χ1n) is 11.9. The number of amides is 2. The zero-order valence-corrected chi connectivity index (χ0v) is 21.3. The van der Waals surface area contributed by atoms with Gasteiger partial charge in [0.1, 0.15) is 17.5 Å². The summed E-state index contributed by atoms with van der Waals surface area (Å²) < 4.78 is 11.1. The maximum Gasteiger partial charge on any atom is 0.248 e. The van der Waals surface area contributed by atoms with Gasteiger partial charge >= 0.3 is 0 Å². The Hall–Kier alpha value is -3.32. The molecule has 4 rings (SSSR count). The minimum absolute atomic E-state index is 0.121. The number of rotatable bonds is 9. The van der Waals surface area contributed by atoms with E-state index in [9.17, 15) is 9.59 Å². The molecule has 0 spiro atoms. The van der Waals surface area contributed by atoms with Crippen molar-refractivity contribution in [3.8, 4) is 11.5 Å². The van der Waals surface area contributed by atoms with Gasteiger partial charge in [-0.3, -0.25) is 14.5 Å². The van der Waals surface area contributed by atoms with Crippen LogP contribution < -0.4 is 19.7 Å². The van der Waals surface area contributed by atoms with E-state index in [4.69, 9.17) is 9.47 Å². The lowest BCUT2D eigenvalue weighted by Crippen LogP contribution is -2.47. The molecular weight excluding hydrogens is 460 g/mol. The highest BCUT2D eigenvalue weighted by Gasteiger charge is 2.36. The lowest BCUT2D eigenvalue weighted by molar-refractivity contribution is -0.127. The first-order chi connectivity index (χ1) is 17.0. The van der Waals surface area contributed by atoms with E-state index in [-0.39, 0.29) is 24.3 Å². The summed E-state index contributed by atoms with van der Waals surface area (Å²) in [7, 11) is 3.14. The van der Waals surface area contributed by atoms with Crippen LogP contribution in [0.4, 0.5) is 5.69 Å². The fourth-order valence-corrected chi connectivity index (χ4v) is 5.39. The fourth-order valence-electron chi connectivity index (χ4n) is 4.69. The molecule has 2 amide bonds. The van der Waals surface area contributed by atoms with Crippen molar-refractivity contribution in [1.82, 2.24) is 5.32 Å². The highest BCUT2D eigenvalue weighted by Crippen LogP contribution is 2.39. The summed E-state index contributed by atoms with van der Waals surface area (Å²) >= 11 is 1.52. The number of ether oxygens (including phenoxy) is 2. The monoisotopic (exact) mass is 492 g/mol. The molecule has 1 aliphatic rings. The molecule has 1 unspecified atom stereocenters. The summed E-state index contributed by atoms with van der Waals surface area (Å²) in [6.07, 6.45) is 4.29. The van der Waals surface area contributed by atoms with Crippen LogP contribution in [-0.4, -0.2) is 32.1 Å². The van der Waals surface area contributed by atoms with Crippen LogP contribution in [0.2, 0.25) is 0 Å². The van der Waals surface area contributed by atoms with E-state index in [1.165, 1.54) is 11.3 Å². The molecule has 0 aliphatic heterocycles. The summed E-state index contributed by atoms with van der Waals surface area (Å²) in [6, 6.07) is 16.2. The molecule has 1 heterocycles. The third kappa shape index (κ3) is 5.68. The van der Waals surface area contributed by atoms with E-state index in [1.807, 2.05) is 48.7 Å². The van der Waals surface area contributed by atoms with Crippen LogP contribution in [0.15, 0.2) is 60.0 Å². The summed E-state index contributed by atoms with van der Waals surface area (Å²) in [4.78, 5) is 30.5. The molecular formula is C28H32N2O4S. The molecule has 7 heteroatoms. The smallest absolute Gasteiger partial charge is 0.248 e. The third-order valence-electron chi connectivity index (χ3n) is 6.51. The Morgan fingerprint density at radius 2 is 1.83 bits per heavy atom. The maximum atomic E-state index is 14.0. The minimum Gasteiger partial charge on any atom is -0.497 e. The van der Waals surface area contributed by atoms with Crippen molar-refractivity contribution >= 4 is 28.8 Å². The quantitative estimate of drug-likeness (QED) is 0.431. The number of hydrogen-bond acceptors (Lipinski definition) is 5. The van der Waals surface area contributed by atoms with Crippen LogP contribution in [0.1, 0.15) is 47.7 Å². The first kappa shape index (κ1) is 24.8. The molecule has 0 bridgehead atoms. The van der Waals surface area contributed by atoms with Crippen molar-refractivity contribution in [2.75, 3.05) is 19.1 Å². The van der Waals surface area contributed by atoms with Crippen LogP contribution in [0.3, 0.4) is 0 Å². The van der Waals surface area contributed by atoms with E-state index < -0.39 is 6.04 Å². The normalized spacial score (nSPS) is 14.4. The van der Waals surface area contributed by atoms with E-state index >= 15 is 0 Å². The van der Waals surface area contributed by atoms with Crippen molar-refractivity contribution in [2.45, 2.75) is 51.1 Å². The van der Waals surface area contributed by atoms with Crippen molar-refractivity contribution < 1.29 is 19.1 Å². The van der Waals surface area contributed by atoms with Gasteiger partial charge < -0.3 is 14.8 Å². The zero-order chi connectivity index (χ0) is 24.8. The SMILES string of the molecule is COc1ccc(OC)c(N(C(=O)Cc2cccs2)C(C(=O)NC2CCCC2)c2ccccc2C)c1. The Morgan fingerprint density at radius 3 is 2.49 bits per heavy atom. The van der Waals surface area contributed by atoms with Crippen LogP contribution in [0.25, 0.3) is 0 Å². The molecule has 6 nitrogen and oxygen atoms in total. The average Bonchev–Trinajstić information content (AvgIpc) is 3.57. The van der Waals surface area contributed by atoms with Gasteiger partial charge in [-0.25, -0.2) is 0 Å². The molecule has 184 valence electrons. The van der Waals surface area contributed by atoms with Gasteiger partial charge in [0.05, 0.1) is 26.3 Å². The third-order valence-corrected chi connectivity index (χ3v) is 7.39. The number of carbonyl (C=O) groups is 2. The Morgan fingerprint density at radius 1 is 1.06 bits per heavy atom. The average molecular weight is 493 g/mol. The molecule has 0 saturated heterocycles. The Labute approximate surface area is 210 Å². The summed E-state index contributed by atoms with van der Waals surface area (Å²) in [5.74, 6) is 0.705. The van der Waals surface area contributed by atoms with Gasteiger partial charge in [-0.05, 0) is 54.5 Å². The van der Waals surface area contributed by atoms with E-state index in [0.29, 0.717) is 17.2 Å². The van der Waals surface area contributed by atoms with Gasteiger partial charge in [-0.1, -0.05) is 43.2 Å².